The van der Waals surface area contributed by atoms with Gasteiger partial charge in [-0.1, -0.05) is 24.9 Å². The highest BCUT2D eigenvalue weighted by Gasteiger charge is 2.18. The zero-order valence-electron chi connectivity index (χ0n) is 17.9. The number of aryl methyl sites for hydroxylation is 4. The van der Waals surface area contributed by atoms with Gasteiger partial charge < -0.3 is 9.30 Å². The summed E-state index contributed by atoms with van der Waals surface area (Å²) in [6.45, 7) is 6.37. The third-order valence-electron chi connectivity index (χ3n) is 4.94. The number of hydrogen-bond donors (Lipinski definition) is 1. The number of aromatic amines is 1. The first-order chi connectivity index (χ1) is 14.8. The molecule has 0 unspecified atom stereocenters. The molecule has 11 heteroatoms. The molecule has 0 aliphatic rings. The molecule has 3 aromatic heterocycles. The summed E-state index contributed by atoms with van der Waals surface area (Å²) in [7, 11) is 1.71. The fourth-order valence-electron chi connectivity index (χ4n) is 3.36. The van der Waals surface area contributed by atoms with Crippen molar-refractivity contribution in [3.05, 3.63) is 49.1 Å². The van der Waals surface area contributed by atoms with Gasteiger partial charge in [0.25, 0.3) is 5.56 Å². The number of esters is 1. The van der Waals surface area contributed by atoms with E-state index in [-0.39, 0.29) is 12.1 Å². The van der Waals surface area contributed by atoms with Crippen LogP contribution in [0.2, 0.25) is 5.15 Å². The SMILES string of the molecule is CCCCn1c(=O)[nH]c(=O)c2c1nc(COC(=O)/C=C/c1c(C)nn(C)c1Cl)n2CC. The number of carbonyl (C=O) groups is 1. The van der Waals surface area contributed by atoms with E-state index in [4.69, 9.17) is 16.3 Å². The minimum atomic E-state index is -0.591. The molecule has 0 bridgehead atoms. The molecule has 3 heterocycles. The van der Waals surface area contributed by atoms with Crippen LogP contribution in [0.3, 0.4) is 0 Å². The average molecular weight is 449 g/mol. The van der Waals surface area contributed by atoms with E-state index in [0.717, 1.165) is 12.8 Å². The highest BCUT2D eigenvalue weighted by atomic mass is 35.5. The molecule has 0 atom stereocenters. The number of fused-ring (bicyclic) bond motifs is 1. The zero-order valence-corrected chi connectivity index (χ0v) is 18.7. The maximum absolute atomic E-state index is 12.4. The second-order valence-corrected chi connectivity index (χ2v) is 7.42. The fraction of sp³-hybridized carbons (Fsp3) is 0.450. The summed E-state index contributed by atoms with van der Waals surface area (Å²) in [4.78, 5) is 43.7. The predicted octanol–water partition coefficient (Wildman–Crippen LogP) is 2.16. The normalized spacial score (nSPS) is 11.6. The Hall–Kier alpha value is -3.14. The second-order valence-electron chi connectivity index (χ2n) is 7.06. The van der Waals surface area contributed by atoms with Crippen LogP contribution in [0, 0.1) is 6.92 Å². The van der Waals surface area contributed by atoms with E-state index < -0.39 is 17.2 Å². The number of aromatic nitrogens is 6. The molecule has 3 rings (SSSR count). The largest absolute Gasteiger partial charge is 0.454 e. The molecule has 0 saturated heterocycles. The molecule has 0 radical (unpaired) electrons. The Morgan fingerprint density at radius 1 is 1.26 bits per heavy atom. The number of hydrogen-bond acceptors (Lipinski definition) is 6. The van der Waals surface area contributed by atoms with Gasteiger partial charge in [0.2, 0.25) is 0 Å². The molecular formula is C20H25ClN6O4. The Morgan fingerprint density at radius 3 is 2.61 bits per heavy atom. The maximum atomic E-state index is 12.4. The van der Waals surface area contributed by atoms with Crippen LogP contribution in [0.25, 0.3) is 17.2 Å². The topological polar surface area (TPSA) is 117 Å². The number of nitrogens with one attached hydrogen (secondary N) is 1. The summed E-state index contributed by atoms with van der Waals surface area (Å²) in [5, 5.41) is 4.60. The van der Waals surface area contributed by atoms with Gasteiger partial charge in [0.15, 0.2) is 11.2 Å². The lowest BCUT2D eigenvalue weighted by atomic mass is 10.2. The van der Waals surface area contributed by atoms with Crippen molar-refractivity contribution in [2.75, 3.05) is 0 Å². The number of H-pyrrole nitrogens is 1. The van der Waals surface area contributed by atoms with Crippen LogP contribution >= 0.6 is 11.6 Å². The molecule has 10 nitrogen and oxygen atoms in total. The molecule has 0 aromatic carbocycles. The van der Waals surface area contributed by atoms with Gasteiger partial charge in [-0.15, -0.1) is 0 Å². The van der Waals surface area contributed by atoms with Crippen molar-refractivity contribution >= 4 is 34.8 Å². The van der Waals surface area contributed by atoms with E-state index in [1.807, 2.05) is 13.8 Å². The molecule has 0 aliphatic heterocycles. The Kier molecular flexibility index (Phi) is 6.79. The number of ether oxygens (including phenoxy) is 1. The van der Waals surface area contributed by atoms with Gasteiger partial charge in [0.05, 0.1) is 5.69 Å². The van der Waals surface area contributed by atoms with Crippen LogP contribution in [0.15, 0.2) is 15.7 Å². The van der Waals surface area contributed by atoms with Crippen LogP contribution in [-0.4, -0.2) is 34.9 Å². The lowest BCUT2D eigenvalue weighted by Crippen LogP contribution is -2.31. The van der Waals surface area contributed by atoms with Crippen LogP contribution in [0.5, 0.6) is 0 Å². The van der Waals surface area contributed by atoms with E-state index in [0.29, 0.717) is 41.0 Å². The third-order valence-corrected chi connectivity index (χ3v) is 5.39. The summed E-state index contributed by atoms with van der Waals surface area (Å²) in [6.07, 6.45) is 4.46. The van der Waals surface area contributed by atoms with Gasteiger partial charge in [-0.2, -0.15) is 5.10 Å². The van der Waals surface area contributed by atoms with Gasteiger partial charge in [0, 0.05) is 31.8 Å². The summed E-state index contributed by atoms with van der Waals surface area (Å²) in [6, 6.07) is 0. The second kappa shape index (κ2) is 9.34. The summed E-state index contributed by atoms with van der Waals surface area (Å²) in [5.41, 5.74) is 0.895. The van der Waals surface area contributed by atoms with Crippen LogP contribution in [0.4, 0.5) is 0 Å². The minimum absolute atomic E-state index is 0.146. The van der Waals surface area contributed by atoms with Gasteiger partial charge in [-0.3, -0.25) is 19.0 Å². The van der Waals surface area contributed by atoms with Crippen molar-refractivity contribution in [3.63, 3.8) is 0 Å². The third kappa shape index (κ3) is 4.48. The van der Waals surface area contributed by atoms with Crippen molar-refractivity contribution in [2.24, 2.45) is 7.05 Å². The first-order valence-corrected chi connectivity index (χ1v) is 10.4. The smallest absolute Gasteiger partial charge is 0.331 e. The van der Waals surface area contributed by atoms with E-state index in [2.05, 4.69) is 15.1 Å². The molecule has 166 valence electrons. The highest BCUT2D eigenvalue weighted by Crippen LogP contribution is 2.20. The molecule has 3 aromatic rings. The van der Waals surface area contributed by atoms with Gasteiger partial charge in [-0.05, 0) is 26.3 Å². The number of rotatable bonds is 8. The summed E-state index contributed by atoms with van der Waals surface area (Å²) < 4.78 is 9.93. The molecule has 0 spiro atoms. The van der Waals surface area contributed by atoms with E-state index >= 15 is 0 Å². The van der Waals surface area contributed by atoms with E-state index in [1.165, 1.54) is 15.3 Å². The van der Waals surface area contributed by atoms with Gasteiger partial charge >= 0.3 is 11.7 Å². The van der Waals surface area contributed by atoms with Crippen molar-refractivity contribution in [3.8, 4) is 0 Å². The molecule has 0 fully saturated rings. The van der Waals surface area contributed by atoms with Crippen LogP contribution < -0.4 is 11.2 Å². The molecule has 0 amide bonds. The standard InChI is InChI=1S/C20H25ClN6O4/c1-5-7-10-27-18-16(19(29)23-20(27)30)26(6-2)14(22-18)11-31-15(28)9-8-13-12(3)24-25(4)17(13)21/h8-9H,5-7,10-11H2,1-4H3,(H,23,29,30)/b9-8+. The van der Waals surface area contributed by atoms with Crippen molar-refractivity contribution in [1.82, 2.24) is 28.9 Å². The Balaban J connectivity index is 1.86. The predicted molar refractivity (Wildman–Crippen MR) is 117 cm³/mol. The Bertz CT molecular complexity index is 1260. The van der Waals surface area contributed by atoms with Crippen molar-refractivity contribution in [2.45, 2.75) is 53.3 Å². The first-order valence-electron chi connectivity index (χ1n) is 10.0. The molecular weight excluding hydrogens is 424 g/mol. The summed E-state index contributed by atoms with van der Waals surface area (Å²) in [5.74, 6) is -0.206. The minimum Gasteiger partial charge on any atom is -0.454 e. The fourth-order valence-corrected chi connectivity index (χ4v) is 3.60. The summed E-state index contributed by atoms with van der Waals surface area (Å²) >= 11 is 6.16. The highest BCUT2D eigenvalue weighted by molar-refractivity contribution is 6.31. The first kappa shape index (κ1) is 22.5. The number of imidazole rings is 1. The van der Waals surface area contributed by atoms with Gasteiger partial charge in [-0.25, -0.2) is 14.6 Å². The number of nitrogens with zero attached hydrogens (tertiary/aromatic N) is 5. The zero-order chi connectivity index (χ0) is 22.7. The van der Waals surface area contributed by atoms with E-state index in [1.54, 1.807) is 24.6 Å². The van der Waals surface area contributed by atoms with Crippen LogP contribution in [0.1, 0.15) is 43.8 Å². The van der Waals surface area contributed by atoms with Crippen molar-refractivity contribution in [1.29, 1.82) is 0 Å². The van der Waals surface area contributed by atoms with E-state index in [9.17, 15) is 14.4 Å². The molecule has 0 saturated carbocycles. The molecule has 0 aliphatic carbocycles. The number of carbonyl (C=O) groups excluding carboxylic acids is 1. The Morgan fingerprint density at radius 2 is 2.00 bits per heavy atom. The van der Waals surface area contributed by atoms with Crippen LogP contribution in [-0.2, 0) is 36.3 Å². The Labute approximate surface area is 183 Å². The maximum Gasteiger partial charge on any atom is 0.331 e. The molecule has 31 heavy (non-hydrogen) atoms. The number of unbranched alkanes of at least 4 members (excludes halogenated alkanes) is 1. The van der Waals surface area contributed by atoms with Gasteiger partial charge in [0.1, 0.15) is 17.6 Å². The monoisotopic (exact) mass is 448 g/mol. The van der Waals surface area contributed by atoms with Crippen molar-refractivity contribution < 1.29 is 9.53 Å². The number of halogens is 1. The quantitative estimate of drug-likeness (QED) is 0.417. The lowest BCUT2D eigenvalue weighted by Gasteiger charge is -2.06. The molecule has 1 N–H and O–H groups in total. The lowest BCUT2D eigenvalue weighted by molar-refractivity contribution is -0.139. The average Bonchev–Trinajstić information content (AvgIpc) is 3.21.